The number of rotatable bonds is 4. The van der Waals surface area contributed by atoms with Gasteiger partial charge in [0.1, 0.15) is 22.8 Å². The molecule has 0 saturated carbocycles. The minimum absolute atomic E-state index is 0.103. The molecule has 1 amide bonds. The SMILES string of the molecule is CC(C)(C)OC(=O)ON(Cc1ccc(F)cc1)C(=O)OC(C)(C)C.ONCc1ccc(F)cc1. The van der Waals surface area contributed by atoms with E-state index in [0.717, 1.165) is 10.6 Å². The first-order valence-electron chi connectivity index (χ1n) is 10.5. The minimum Gasteiger partial charge on any atom is -0.442 e. The van der Waals surface area contributed by atoms with E-state index in [0.29, 0.717) is 12.1 Å². The lowest BCUT2D eigenvalue weighted by atomic mass is 10.2. The van der Waals surface area contributed by atoms with Gasteiger partial charge in [0.15, 0.2) is 0 Å². The van der Waals surface area contributed by atoms with Crippen molar-refractivity contribution in [2.75, 3.05) is 0 Å². The Morgan fingerprint density at radius 2 is 1.26 bits per heavy atom. The van der Waals surface area contributed by atoms with Gasteiger partial charge in [0.25, 0.3) is 0 Å². The Labute approximate surface area is 198 Å². The number of benzene rings is 2. The molecule has 188 valence electrons. The third-order valence-electron chi connectivity index (χ3n) is 3.61. The number of amides is 1. The summed E-state index contributed by atoms with van der Waals surface area (Å²) in [6.07, 6.45) is -1.88. The molecular weight excluding hydrogens is 450 g/mol. The van der Waals surface area contributed by atoms with Crippen LogP contribution < -0.4 is 5.48 Å². The van der Waals surface area contributed by atoms with E-state index in [4.69, 9.17) is 19.5 Å². The number of hydrogen-bond acceptors (Lipinski definition) is 7. The van der Waals surface area contributed by atoms with Crippen molar-refractivity contribution in [3.05, 3.63) is 71.3 Å². The first kappa shape index (κ1) is 28.8. The predicted octanol–water partition coefficient (Wildman–Crippen LogP) is 5.73. The van der Waals surface area contributed by atoms with Crippen molar-refractivity contribution in [1.29, 1.82) is 0 Å². The maximum absolute atomic E-state index is 13.0. The predicted molar refractivity (Wildman–Crippen MR) is 121 cm³/mol. The second kappa shape index (κ2) is 12.9. The van der Waals surface area contributed by atoms with E-state index < -0.39 is 29.3 Å². The number of carbonyl (C=O) groups excluding carboxylic acids is 2. The van der Waals surface area contributed by atoms with Gasteiger partial charge in [-0.15, -0.1) is 5.06 Å². The number of halogens is 2. The second-order valence-corrected chi connectivity index (χ2v) is 9.16. The normalized spacial score (nSPS) is 11.1. The van der Waals surface area contributed by atoms with Gasteiger partial charge in [-0.25, -0.2) is 23.9 Å². The lowest BCUT2D eigenvalue weighted by molar-refractivity contribution is -0.140. The van der Waals surface area contributed by atoms with E-state index in [1.54, 1.807) is 53.7 Å². The third kappa shape index (κ3) is 12.7. The number of nitrogens with zero attached hydrogens (tertiary/aromatic N) is 1. The van der Waals surface area contributed by atoms with Gasteiger partial charge in [-0.2, -0.15) is 0 Å². The zero-order valence-corrected chi connectivity index (χ0v) is 20.2. The number of nitrogens with one attached hydrogen (secondary N) is 1. The lowest BCUT2D eigenvalue weighted by Crippen LogP contribution is -2.39. The van der Waals surface area contributed by atoms with Crippen molar-refractivity contribution in [3.8, 4) is 0 Å². The van der Waals surface area contributed by atoms with E-state index >= 15 is 0 Å². The average molecular weight is 483 g/mol. The summed E-state index contributed by atoms with van der Waals surface area (Å²) in [7, 11) is 0. The van der Waals surface area contributed by atoms with Crippen LogP contribution in [0.3, 0.4) is 0 Å². The highest BCUT2D eigenvalue weighted by molar-refractivity contribution is 5.70. The van der Waals surface area contributed by atoms with Crippen LogP contribution in [0.15, 0.2) is 48.5 Å². The van der Waals surface area contributed by atoms with Gasteiger partial charge in [-0.1, -0.05) is 24.3 Å². The van der Waals surface area contributed by atoms with Gasteiger partial charge in [-0.3, -0.25) is 4.84 Å². The van der Waals surface area contributed by atoms with Crippen LogP contribution >= 0.6 is 0 Å². The third-order valence-corrected chi connectivity index (χ3v) is 3.61. The Morgan fingerprint density at radius 3 is 1.68 bits per heavy atom. The molecule has 0 spiro atoms. The van der Waals surface area contributed by atoms with Crippen LogP contribution in [0.25, 0.3) is 0 Å². The summed E-state index contributed by atoms with van der Waals surface area (Å²) in [4.78, 5) is 29.0. The molecule has 0 aliphatic rings. The van der Waals surface area contributed by atoms with Crippen molar-refractivity contribution in [1.82, 2.24) is 10.5 Å². The standard InChI is InChI=1S/C17H24FNO5.C7H8FNO/c1-16(2,3)22-14(20)19(24-15(21)23-17(4,5)6)11-12-7-9-13(18)10-8-12;8-7-3-1-6(2-4-7)5-9-10/h7-10H,11H2,1-6H3;1-4,9-10H,5H2. The van der Waals surface area contributed by atoms with Gasteiger partial charge in [0.2, 0.25) is 0 Å². The molecule has 0 atom stereocenters. The Hall–Kier alpha value is -3.24. The molecule has 10 heteroatoms. The van der Waals surface area contributed by atoms with Crippen LogP contribution in [0.4, 0.5) is 18.4 Å². The molecule has 34 heavy (non-hydrogen) atoms. The maximum Gasteiger partial charge on any atom is 0.534 e. The molecule has 2 N–H and O–H groups in total. The van der Waals surface area contributed by atoms with Crippen LogP contribution in [-0.2, 0) is 27.4 Å². The molecule has 0 heterocycles. The van der Waals surface area contributed by atoms with E-state index in [2.05, 4.69) is 0 Å². The van der Waals surface area contributed by atoms with Crippen LogP contribution in [0.2, 0.25) is 0 Å². The molecule has 2 aromatic carbocycles. The van der Waals surface area contributed by atoms with E-state index in [9.17, 15) is 18.4 Å². The highest BCUT2D eigenvalue weighted by Crippen LogP contribution is 2.16. The molecule has 2 aromatic rings. The topological polar surface area (TPSA) is 97.3 Å². The van der Waals surface area contributed by atoms with Gasteiger partial charge in [0.05, 0.1) is 6.54 Å². The fraction of sp³-hybridized carbons (Fsp3) is 0.417. The summed E-state index contributed by atoms with van der Waals surface area (Å²) in [6, 6.07) is 11.4. The molecule has 0 fully saturated rings. The number of hydrogen-bond donors (Lipinski definition) is 2. The first-order valence-corrected chi connectivity index (χ1v) is 10.5. The smallest absolute Gasteiger partial charge is 0.442 e. The fourth-order valence-electron chi connectivity index (χ4n) is 2.25. The van der Waals surface area contributed by atoms with Crippen LogP contribution in [-0.4, -0.2) is 33.7 Å². The summed E-state index contributed by atoms with van der Waals surface area (Å²) in [5, 5.41) is 8.99. The lowest BCUT2D eigenvalue weighted by Gasteiger charge is -2.27. The molecule has 0 aromatic heterocycles. The van der Waals surface area contributed by atoms with Crippen LogP contribution in [0.1, 0.15) is 52.7 Å². The summed E-state index contributed by atoms with van der Waals surface area (Å²) in [5.74, 6) is -0.669. The minimum atomic E-state index is -1.03. The maximum atomic E-state index is 13.0. The first-order chi connectivity index (χ1) is 15.7. The fourth-order valence-corrected chi connectivity index (χ4v) is 2.25. The van der Waals surface area contributed by atoms with Crippen molar-refractivity contribution in [3.63, 3.8) is 0 Å². The molecule has 0 bridgehead atoms. The van der Waals surface area contributed by atoms with Crippen molar-refractivity contribution < 1.29 is 37.9 Å². The zero-order valence-electron chi connectivity index (χ0n) is 20.2. The van der Waals surface area contributed by atoms with Crippen molar-refractivity contribution in [2.45, 2.75) is 65.8 Å². The van der Waals surface area contributed by atoms with E-state index in [1.165, 1.54) is 36.4 Å². The molecule has 0 radical (unpaired) electrons. The molecule has 8 nitrogen and oxygen atoms in total. The van der Waals surface area contributed by atoms with Gasteiger partial charge < -0.3 is 14.7 Å². The Balaban J connectivity index is 0.000000479. The number of ether oxygens (including phenoxy) is 2. The Kier molecular flexibility index (Phi) is 10.9. The van der Waals surface area contributed by atoms with Crippen LogP contribution in [0.5, 0.6) is 0 Å². The molecular formula is C24H32F2N2O6. The van der Waals surface area contributed by atoms with Crippen molar-refractivity contribution >= 4 is 12.2 Å². The molecule has 0 aliphatic carbocycles. The van der Waals surface area contributed by atoms with Gasteiger partial charge in [0, 0.05) is 6.54 Å². The van der Waals surface area contributed by atoms with E-state index in [1.807, 2.05) is 5.48 Å². The molecule has 2 rings (SSSR count). The average Bonchev–Trinajstić information content (AvgIpc) is 2.69. The summed E-state index contributed by atoms with van der Waals surface area (Å²) in [5.41, 5.74) is 1.85. The summed E-state index contributed by atoms with van der Waals surface area (Å²) in [6.45, 7) is 10.3. The highest BCUT2D eigenvalue weighted by Gasteiger charge is 2.28. The quantitative estimate of drug-likeness (QED) is 0.424. The van der Waals surface area contributed by atoms with Gasteiger partial charge in [-0.05, 0) is 76.9 Å². The van der Waals surface area contributed by atoms with Crippen LogP contribution in [0, 0.1) is 11.6 Å². The zero-order chi connectivity index (χ0) is 25.9. The second-order valence-electron chi connectivity index (χ2n) is 9.16. The number of hydroxylamine groups is 3. The Morgan fingerprint density at radius 1 is 0.824 bits per heavy atom. The highest BCUT2D eigenvalue weighted by atomic mass is 19.1. The van der Waals surface area contributed by atoms with E-state index in [-0.39, 0.29) is 12.4 Å². The summed E-state index contributed by atoms with van der Waals surface area (Å²) < 4.78 is 35.5. The molecule has 0 unspecified atom stereocenters. The molecule has 0 saturated heterocycles. The summed E-state index contributed by atoms with van der Waals surface area (Å²) >= 11 is 0. The monoisotopic (exact) mass is 482 g/mol. The van der Waals surface area contributed by atoms with Gasteiger partial charge >= 0.3 is 12.2 Å². The molecule has 0 aliphatic heterocycles. The van der Waals surface area contributed by atoms with Crippen molar-refractivity contribution in [2.24, 2.45) is 0 Å². The number of carbonyl (C=O) groups is 2. The largest absolute Gasteiger partial charge is 0.534 e. The Bertz CT molecular complexity index is 907.